The Kier molecular flexibility index (Phi) is 4.05. The summed E-state index contributed by atoms with van der Waals surface area (Å²) in [7, 11) is 1.59. The van der Waals surface area contributed by atoms with E-state index in [9.17, 15) is 5.26 Å². The van der Waals surface area contributed by atoms with Gasteiger partial charge in [-0.25, -0.2) is 0 Å². The van der Waals surface area contributed by atoms with Gasteiger partial charge in [0.15, 0.2) is 5.82 Å². The normalized spacial score (nSPS) is 16.7. The van der Waals surface area contributed by atoms with E-state index in [2.05, 4.69) is 21.2 Å². The second-order valence-electron chi connectivity index (χ2n) is 6.10. The van der Waals surface area contributed by atoms with Gasteiger partial charge >= 0.3 is 0 Å². The van der Waals surface area contributed by atoms with Crippen LogP contribution in [-0.2, 0) is 0 Å². The van der Waals surface area contributed by atoms with Crippen molar-refractivity contribution >= 4 is 5.88 Å². The van der Waals surface area contributed by atoms with E-state index in [4.69, 9.17) is 13.7 Å². The maximum absolute atomic E-state index is 9.48. The van der Waals surface area contributed by atoms with E-state index in [0.717, 1.165) is 13.0 Å². The molecule has 0 unspecified atom stereocenters. The fourth-order valence-electron chi connectivity index (χ4n) is 3.16. The number of oxazole rings is 1. The molecule has 3 aromatic rings. The molecule has 26 heavy (non-hydrogen) atoms. The molecule has 1 aromatic carbocycles. The van der Waals surface area contributed by atoms with Crippen molar-refractivity contribution in [3.8, 4) is 23.3 Å². The van der Waals surface area contributed by atoms with Gasteiger partial charge in [-0.1, -0.05) is 17.3 Å². The molecule has 1 aliphatic rings. The van der Waals surface area contributed by atoms with E-state index in [-0.39, 0.29) is 11.6 Å². The highest BCUT2D eigenvalue weighted by Crippen LogP contribution is 2.36. The molecule has 4 rings (SSSR count). The first-order chi connectivity index (χ1) is 12.7. The Morgan fingerprint density at radius 2 is 2.15 bits per heavy atom. The van der Waals surface area contributed by atoms with Crippen LogP contribution in [0, 0.1) is 18.3 Å². The van der Waals surface area contributed by atoms with E-state index in [0.29, 0.717) is 41.3 Å². The number of para-hydroxylation sites is 1. The molecule has 8 nitrogen and oxygen atoms in total. The lowest BCUT2D eigenvalue weighted by atomic mass is 10.1. The molecule has 132 valence electrons. The molecule has 3 heterocycles. The number of rotatable bonds is 4. The average Bonchev–Trinajstić information content (AvgIpc) is 3.39. The summed E-state index contributed by atoms with van der Waals surface area (Å²) in [6, 6.07) is 9.54. The molecular formula is C18H17N5O3. The highest BCUT2D eigenvalue weighted by Gasteiger charge is 2.32. The van der Waals surface area contributed by atoms with Crippen LogP contribution in [0.1, 0.15) is 29.7 Å². The average molecular weight is 351 g/mol. The Bertz CT molecular complexity index is 971. The number of aromatic nitrogens is 3. The molecule has 0 spiro atoms. The fraction of sp³-hybridized carbons (Fsp3) is 0.333. The zero-order chi connectivity index (χ0) is 18.1. The Morgan fingerprint density at radius 1 is 1.31 bits per heavy atom. The summed E-state index contributed by atoms with van der Waals surface area (Å²) in [5.74, 6) is 2.83. The second-order valence-corrected chi connectivity index (χ2v) is 6.10. The maximum Gasteiger partial charge on any atom is 0.235 e. The minimum atomic E-state index is 0.113. The zero-order valence-corrected chi connectivity index (χ0v) is 14.5. The number of hydrogen-bond donors (Lipinski definition) is 0. The molecule has 0 bridgehead atoms. The summed E-state index contributed by atoms with van der Waals surface area (Å²) in [5.41, 5.74) is 0.967. The van der Waals surface area contributed by atoms with Crippen LogP contribution in [0.4, 0.5) is 5.88 Å². The van der Waals surface area contributed by atoms with Crippen LogP contribution in [0.2, 0.25) is 0 Å². The third-order valence-corrected chi connectivity index (χ3v) is 4.42. The van der Waals surface area contributed by atoms with Gasteiger partial charge in [-0.15, -0.1) is 0 Å². The van der Waals surface area contributed by atoms with Crippen LogP contribution < -0.4 is 9.64 Å². The Labute approximate surface area is 150 Å². The molecule has 1 atom stereocenters. The zero-order valence-electron chi connectivity index (χ0n) is 14.5. The van der Waals surface area contributed by atoms with Crippen molar-refractivity contribution in [2.24, 2.45) is 0 Å². The first-order valence-corrected chi connectivity index (χ1v) is 8.29. The van der Waals surface area contributed by atoms with Crippen molar-refractivity contribution in [3.05, 3.63) is 41.7 Å². The number of ether oxygens (including phenoxy) is 1. The number of benzene rings is 1. The van der Waals surface area contributed by atoms with Gasteiger partial charge in [0, 0.05) is 13.1 Å². The minimum absolute atomic E-state index is 0.113. The Morgan fingerprint density at radius 3 is 2.88 bits per heavy atom. The summed E-state index contributed by atoms with van der Waals surface area (Å²) >= 11 is 0. The number of nitrogens with zero attached hydrogens (tertiary/aromatic N) is 5. The number of aryl methyl sites for hydroxylation is 1. The standard InChI is InChI=1S/C18H17N5O3/c1-11-20-16(26-22-11)12-7-8-23(10-12)18-14(9-19)21-17(25-18)13-5-3-4-6-15(13)24-2/h3-6,12H,7-8,10H2,1-2H3/t12-/m1/s1. The predicted molar refractivity (Wildman–Crippen MR) is 91.8 cm³/mol. The largest absolute Gasteiger partial charge is 0.496 e. The number of methoxy groups -OCH3 is 1. The van der Waals surface area contributed by atoms with Gasteiger partial charge < -0.3 is 18.6 Å². The van der Waals surface area contributed by atoms with Gasteiger partial charge in [0.2, 0.25) is 23.4 Å². The van der Waals surface area contributed by atoms with Gasteiger partial charge in [0.25, 0.3) is 0 Å². The van der Waals surface area contributed by atoms with E-state index >= 15 is 0 Å². The number of hydrogen-bond acceptors (Lipinski definition) is 8. The molecule has 8 heteroatoms. The quantitative estimate of drug-likeness (QED) is 0.707. The monoisotopic (exact) mass is 351 g/mol. The van der Waals surface area contributed by atoms with Crippen LogP contribution in [0.5, 0.6) is 5.75 Å². The van der Waals surface area contributed by atoms with Crippen LogP contribution >= 0.6 is 0 Å². The third-order valence-electron chi connectivity index (χ3n) is 4.42. The van der Waals surface area contributed by atoms with Crippen molar-refractivity contribution in [3.63, 3.8) is 0 Å². The van der Waals surface area contributed by atoms with E-state index in [1.165, 1.54) is 0 Å². The second kappa shape index (κ2) is 6.52. The molecule has 0 saturated carbocycles. The predicted octanol–water partition coefficient (Wildman–Crippen LogP) is 2.91. The fourth-order valence-corrected chi connectivity index (χ4v) is 3.16. The van der Waals surface area contributed by atoms with Crippen LogP contribution in [-0.4, -0.2) is 35.3 Å². The lowest BCUT2D eigenvalue weighted by Gasteiger charge is -2.14. The molecule has 2 aromatic heterocycles. The van der Waals surface area contributed by atoms with Crippen molar-refractivity contribution in [2.75, 3.05) is 25.1 Å². The van der Waals surface area contributed by atoms with Gasteiger partial charge in [-0.3, -0.25) is 0 Å². The molecule has 1 aliphatic heterocycles. The van der Waals surface area contributed by atoms with Crippen molar-refractivity contribution in [1.82, 2.24) is 15.1 Å². The first kappa shape index (κ1) is 16.1. The first-order valence-electron chi connectivity index (χ1n) is 8.29. The van der Waals surface area contributed by atoms with E-state index in [1.807, 2.05) is 29.2 Å². The van der Waals surface area contributed by atoms with Gasteiger partial charge in [0.1, 0.15) is 11.8 Å². The highest BCUT2D eigenvalue weighted by molar-refractivity contribution is 5.66. The summed E-state index contributed by atoms with van der Waals surface area (Å²) in [6.45, 7) is 3.15. The number of anilines is 1. The van der Waals surface area contributed by atoms with Crippen LogP contribution in [0.3, 0.4) is 0 Å². The topological polar surface area (TPSA) is 101 Å². The smallest absolute Gasteiger partial charge is 0.235 e. The minimum Gasteiger partial charge on any atom is -0.496 e. The van der Waals surface area contributed by atoms with Gasteiger partial charge in [-0.2, -0.15) is 15.2 Å². The van der Waals surface area contributed by atoms with Gasteiger partial charge in [0.05, 0.1) is 18.6 Å². The summed E-state index contributed by atoms with van der Waals surface area (Å²) in [5, 5.41) is 13.3. The van der Waals surface area contributed by atoms with Crippen LogP contribution in [0.15, 0.2) is 33.2 Å². The van der Waals surface area contributed by atoms with Crippen molar-refractivity contribution in [1.29, 1.82) is 5.26 Å². The molecule has 1 fully saturated rings. The molecule has 0 aliphatic carbocycles. The lowest BCUT2D eigenvalue weighted by molar-refractivity contribution is 0.356. The highest BCUT2D eigenvalue weighted by atomic mass is 16.5. The third kappa shape index (κ3) is 2.77. The van der Waals surface area contributed by atoms with Crippen LogP contribution in [0.25, 0.3) is 11.5 Å². The SMILES string of the molecule is COc1ccccc1-c1nc(C#N)c(N2CC[C@@H](c3nc(C)no3)C2)o1. The maximum atomic E-state index is 9.48. The summed E-state index contributed by atoms with van der Waals surface area (Å²) in [4.78, 5) is 10.7. The van der Waals surface area contributed by atoms with E-state index in [1.54, 1.807) is 14.0 Å². The molecule has 0 N–H and O–H groups in total. The van der Waals surface area contributed by atoms with E-state index < -0.39 is 0 Å². The van der Waals surface area contributed by atoms with Crippen molar-refractivity contribution in [2.45, 2.75) is 19.3 Å². The molecule has 0 amide bonds. The lowest BCUT2D eigenvalue weighted by Crippen LogP contribution is -2.19. The molecular weight excluding hydrogens is 334 g/mol. The summed E-state index contributed by atoms with van der Waals surface area (Å²) in [6.07, 6.45) is 0.844. The summed E-state index contributed by atoms with van der Waals surface area (Å²) < 4.78 is 16.6. The Balaban J connectivity index is 1.63. The molecule has 0 radical (unpaired) electrons. The van der Waals surface area contributed by atoms with Gasteiger partial charge in [-0.05, 0) is 25.5 Å². The molecule has 1 saturated heterocycles. The Hall–Kier alpha value is -3.34. The number of nitriles is 1. The van der Waals surface area contributed by atoms with Crippen molar-refractivity contribution < 1.29 is 13.7 Å².